The van der Waals surface area contributed by atoms with E-state index in [2.05, 4.69) is 20.8 Å². The highest BCUT2D eigenvalue weighted by atomic mass is 79.9. The smallest absolute Gasteiger partial charge is 0.309 e. The van der Waals surface area contributed by atoms with Gasteiger partial charge in [-0.05, 0) is 60.9 Å². The summed E-state index contributed by atoms with van der Waals surface area (Å²) in [6.45, 7) is 4.67. The molecule has 1 aromatic carbocycles. The molecule has 1 N–H and O–H groups in total. The number of para-hydroxylation sites is 1. The van der Waals surface area contributed by atoms with Crippen LogP contribution in [-0.4, -0.2) is 54.9 Å². The zero-order valence-electron chi connectivity index (χ0n) is 13.4. The highest BCUT2D eigenvalue weighted by molar-refractivity contribution is 9.10. The van der Waals surface area contributed by atoms with Gasteiger partial charge < -0.3 is 19.5 Å². The summed E-state index contributed by atoms with van der Waals surface area (Å²) in [4.78, 5) is 13.9. The van der Waals surface area contributed by atoms with E-state index < -0.39 is 6.10 Å². The molecule has 23 heavy (non-hydrogen) atoms. The Kier molecular flexibility index (Phi) is 7.33. The second-order valence-electron chi connectivity index (χ2n) is 5.72. The number of carbonyl (C=O) groups is 1. The minimum Gasteiger partial charge on any atom is -0.490 e. The fraction of sp³-hybridized carbons (Fsp3) is 0.588. The second kappa shape index (κ2) is 9.25. The van der Waals surface area contributed by atoms with Crippen molar-refractivity contribution < 1.29 is 19.4 Å². The second-order valence-corrected chi connectivity index (χ2v) is 6.58. The van der Waals surface area contributed by atoms with Crippen LogP contribution in [0.25, 0.3) is 0 Å². The Hall–Kier alpha value is -1.11. The number of aliphatic hydroxyl groups is 1. The number of carbonyl (C=O) groups excluding carboxylic acids is 1. The van der Waals surface area contributed by atoms with Crippen LogP contribution >= 0.6 is 15.9 Å². The molecule has 1 saturated heterocycles. The van der Waals surface area contributed by atoms with Gasteiger partial charge in [-0.2, -0.15) is 0 Å². The summed E-state index contributed by atoms with van der Waals surface area (Å²) in [5.74, 6) is 0.636. The summed E-state index contributed by atoms with van der Waals surface area (Å²) in [6.07, 6.45) is 1.02. The number of benzene rings is 1. The summed E-state index contributed by atoms with van der Waals surface area (Å²) < 4.78 is 11.6. The summed E-state index contributed by atoms with van der Waals surface area (Å²) >= 11 is 3.42. The molecule has 1 aliphatic rings. The van der Waals surface area contributed by atoms with Crippen LogP contribution in [0.4, 0.5) is 0 Å². The summed E-state index contributed by atoms with van der Waals surface area (Å²) in [5, 5.41) is 10.1. The number of hydrogen-bond donors (Lipinski definition) is 1. The van der Waals surface area contributed by atoms with E-state index in [1.807, 2.05) is 31.2 Å². The zero-order chi connectivity index (χ0) is 16.7. The van der Waals surface area contributed by atoms with Gasteiger partial charge in [0.1, 0.15) is 18.5 Å². The molecule has 0 radical (unpaired) electrons. The molecule has 1 aliphatic heterocycles. The molecule has 1 atom stereocenters. The molecule has 0 unspecified atom stereocenters. The van der Waals surface area contributed by atoms with E-state index in [-0.39, 0.29) is 18.5 Å². The Morgan fingerprint density at radius 3 is 2.74 bits per heavy atom. The van der Waals surface area contributed by atoms with Gasteiger partial charge in [-0.15, -0.1) is 0 Å². The zero-order valence-corrected chi connectivity index (χ0v) is 15.0. The monoisotopic (exact) mass is 385 g/mol. The van der Waals surface area contributed by atoms with Crippen LogP contribution in [0.3, 0.4) is 0 Å². The lowest BCUT2D eigenvalue weighted by atomic mass is 9.97. The Balaban J connectivity index is 1.69. The quantitative estimate of drug-likeness (QED) is 0.730. The molecule has 0 amide bonds. The van der Waals surface area contributed by atoms with Crippen molar-refractivity contribution >= 4 is 21.9 Å². The van der Waals surface area contributed by atoms with Crippen molar-refractivity contribution in [1.29, 1.82) is 0 Å². The molecule has 1 aromatic rings. The van der Waals surface area contributed by atoms with Crippen molar-refractivity contribution in [3.8, 4) is 5.75 Å². The van der Waals surface area contributed by atoms with Gasteiger partial charge in [-0.25, -0.2) is 0 Å². The predicted molar refractivity (Wildman–Crippen MR) is 91.4 cm³/mol. The van der Waals surface area contributed by atoms with Gasteiger partial charge >= 0.3 is 5.97 Å². The van der Waals surface area contributed by atoms with Crippen molar-refractivity contribution in [3.05, 3.63) is 28.7 Å². The number of β-amino-alcohol motifs (C(OH)–C–C–N with tert-alkyl or cyclic N) is 1. The van der Waals surface area contributed by atoms with Crippen molar-refractivity contribution in [2.24, 2.45) is 5.92 Å². The number of aliphatic hydroxyl groups excluding tert-OH is 1. The summed E-state index contributed by atoms with van der Waals surface area (Å²) in [5.41, 5.74) is 0. The van der Waals surface area contributed by atoms with Gasteiger partial charge in [-0.3, -0.25) is 4.79 Å². The Labute approximate surface area is 145 Å². The van der Waals surface area contributed by atoms with E-state index in [1.165, 1.54) is 0 Å². The Morgan fingerprint density at radius 2 is 2.09 bits per heavy atom. The van der Waals surface area contributed by atoms with Crippen molar-refractivity contribution in [3.63, 3.8) is 0 Å². The minimum atomic E-state index is -0.554. The number of ether oxygens (including phenoxy) is 2. The fourth-order valence-corrected chi connectivity index (χ4v) is 3.11. The molecule has 2 rings (SSSR count). The first kappa shape index (κ1) is 18.2. The topological polar surface area (TPSA) is 59.0 Å². The van der Waals surface area contributed by atoms with Gasteiger partial charge in [-0.1, -0.05) is 12.1 Å². The normalized spacial score (nSPS) is 17.7. The van der Waals surface area contributed by atoms with Crippen LogP contribution in [0.1, 0.15) is 19.8 Å². The average molecular weight is 386 g/mol. The molecule has 0 saturated carbocycles. The van der Waals surface area contributed by atoms with Crippen LogP contribution in [0.2, 0.25) is 0 Å². The van der Waals surface area contributed by atoms with Crippen LogP contribution in [0.5, 0.6) is 5.75 Å². The molecule has 0 spiro atoms. The summed E-state index contributed by atoms with van der Waals surface area (Å²) in [7, 11) is 0. The fourth-order valence-electron chi connectivity index (χ4n) is 2.71. The van der Waals surface area contributed by atoms with E-state index in [0.717, 1.165) is 36.2 Å². The van der Waals surface area contributed by atoms with Crippen LogP contribution < -0.4 is 4.74 Å². The average Bonchev–Trinajstić information content (AvgIpc) is 2.55. The van der Waals surface area contributed by atoms with Gasteiger partial charge in [0.15, 0.2) is 0 Å². The van der Waals surface area contributed by atoms with E-state index in [1.54, 1.807) is 0 Å². The van der Waals surface area contributed by atoms with Crippen molar-refractivity contribution in [2.45, 2.75) is 25.9 Å². The number of nitrogens with zero attached hydrogens (tertiary/aromatic N) is 1. The molecule has 128 valence electrons. The molecule has 0 aliphatic carbocycles. The Morgan fingerprint density at radius 1 is 1.39 bits per heavy atom. The number of esters is 1. The van der Waals surface area contributed by atoms with Gasteiger partial charge in [0.25, 0.3) is 0 Å². The number of hydrogen-bond acceptors (Lipinski definition) is 5. The molecule has 1 fully saturated rings. The first-order valence-corrected chi connectivity index (χ1v) is 8.83. The van der Waals surface area contributed by atoms with E-state index in [0.29, 0.717) is 13.2 Å². The van der Waals surface area contributed by atoms with Gasteiger partial charge in [0.05, 0.1) is 17.0 Å². The van der Waals surface area contributed by atoms with Gasteiger partial charge in [0.2, 0.25) is 0 Å². The third-order valence-corrected chi connectivity index (χ3v) is 4.60. The molecule has 0 bridgehead atoms. The molecule has 0 aromatic heterocycles. The van der Waals surface area contributed by atoms with E-state index in [4.69, 9.17) is 9.47 Å². The number of halogens is 1. The largest absolute Gasteiger partial charge is 0.490 e. The first-order chi connectivity index (χ1) is 11.1. The maximum atomic E-state index is 11.7. The lowest BCUT2D eigenvalue weighted by Gasteiger charge is -2.32. The molecule has 6 heteroatoms. The van der Waals surface area contributed by atoms with Crippen molar-refractivity contribution in [2.75, 3.05) is 32.8 Å². The standard InChI is InChI=1S/C17H24BrNO4/c1-2-22-17(21)13-7-9-19(10-8-13)11-14(20)12-23-16-6-4-3-5-15(16)18/h3-6,13-14,20H,2,7-12H2,1H3/t14-/m1/s1. The molecule has 5 nitrogen and oxygen atoms in total. The van der Waals surface area contributed by atoms with Crippen LogP contribution in [0.15, 0.2) is 28.7 Å². The van der Waals surface area contributed by atoms with Gasteiger partial charge in [0, 0.05) is 6.54 Å². The Bertz CT molecular complexity index is 503. The molecule has 1 heterocycles. The predicted octanol–water partition coefficient (Wildman–Crippen LogP) is 2.46. The highest BCUT2D eigenvalue weighted by Gasteiger charge is 2.26. The first-order valence-electron chi connectivity index (χ1n) is 8.04. The maximum Gasteiger partial charge on any atom is 0.309 e. The lowest BCUT2D eigenvalue weighted by molar-refractivity contribution is -0.149. The van der Waals surface area contributed by atoms with E-state index >= 15 is 0 Å². The van der Waals surface area contributed by atoms with E-state index in [9.17, 15) is 9.90 Å². The SMILES string of the molecule is CCOC(=O)C1CCN(C[C@@H](O)COc2ccccc2Br)CC1. The third-order valence-electron chi connectivity index (χ3n) is 3.94. The molecular formula is C17H24BrNO4. The lowest BCUT2D eigenvalue weighted by Crippen LogP contribution is -2.42. The maximum absolute atomic E-state index is 11.7. The van der Waals surface area contributed by atoms with Crippen LogP contribution in [-0.2, 0) is 9.53 Å². The number of rotatable bonds is 7. The summed E-state index contributed by atoms with van der Waals surface area (Å²) in [6, 6.07) is 7.58. The number of likely N-dealkylation sites (tertiary alicyclic amines) is 1. The van der Waals surface area contributed by atoms with Crippen LogP contribution in [0, 0.1) is 5.92 Å². The molecular weight excluding hydrogens is 362 g/mol. The van der Waals surface area contributed by atoms with Crippen molar-refractivity contribution in [1.82, 2.24) is 4.90 Å². The highest BCUT2D eigenvalue weighted by Crippen LogP contribution is 2.24. The number of piperidine rings is 1. The third kappa shape index (κ3) is 5.79. The minimum absolute atomic E-state index is 0.000123.